The molecule has 0 radical (unpaired) electrons. The Morgan fingerprint density at radius 1 is 1.67 bits per heavy atom. The predicted molar refractivity (Wildman–Crippen MR) is 51.1 cm³/mol. The zero-order valence-electron chi connectivity index (χ0n) is 8.65. The van der Waals surface area contributed by atoms with E-state index >= 15 is 0 Å². The van der Waals surface area contributed by atoms with Crippen LogP contribution >= 0.6 is 0 Å². The fourth-order valence-corrected chi connectivity index (χ4v) is 0.882. The van der Waals surface area contributed by atoms with Crippen LogP contribution in [0.15, 0.2) is 10.6 Å². The van der Waals surface area contributed by atoms with Gasteiger partial charge in [-0.15, -0.1) is 0 Å². The number of amides is 1. The van der Waals surface area contributed by atoms with E-state index in [-0.39, 0.29) is 24.6 Å². The maximum atomic E-state index is 11.4. The Kier molecular flexibility index (Phi) is 3.43. The molecule has 0 saturated carbocycles. The maximum Gasteiger partial charge on any atom is 0.273 e. The second kappa shape index (κ2) is 4.41. The second-order valence-electron chi connectivity index (χ2n) is 3.83. The van der Waals surface area contributed by atoms with Crippen LogP contribution in [0.4, 0.5) is 0 Å². The minimum absolute atomic E-state index is 0.0864. The molecular formula is C9H14N2O4. The van der Waals surface area contributed by atoms with Gasteiger partial charge in [0.15, 0.2) is 11.5 Å². The van der Waals surface area contributed by atoms with E-state index in [0.717, 1.165) is 0 Å². The largest absolute Gasteiger partial charge is 0.389 e. The van der Waals surface area contributed by atoms with Crippen molar-refractivity contribution in [3.8, 4) is 0 Å². The van der Waals surface area contributed by atoms with Crippen molar-refractivity contribution < 1.29 is 19.5 Å². The van der Waals surface area contributed by atoms with Crippen molar-refractivity contribution in [2.75, 3.05) is 6.54 Å². The summed E-state index contributed by atoms with van der Waals surface area (Å²) in [6.07, 6.45) is 0. The number of rotatable bonds is 4. The zero-order chi connectivity index (χ0) is 11.5. The maximum absolute atomic E-state index is 11.4. The van der Waals surface area contributed by atoms with Gasteiger partial charge in [0, 0.05) is 12.6 Å². The average Bonchev–Trinajstić information content (AvgIpc) is 2.61. The second-order valence-corrected chi connectivity index (χ2v) is 3.83. The molecule has 1 rings (SSSR count). The van der Waals surface area contributed by atoms with Gasteiger partial charge in [0.05, 0.1) is 5.60 Å². The van der Waals surface area contributed by atoms with Gasteiger partial charge in [-0.3, -0.25) is 4.79 Å². The van der Waals surface area contributed by atoms with Crippen LogP contribution in [0.1, 0.15) is 30.1 Å². The number of aromatic nitrogens is 1. The van der Waals surface area contributed by atoms with Gasteiger partial charge in [-0.25, -0.2) is 0 Å². The van der Waals surface area contributed by atoms with E-state index in [2.05, 4.69) is 15.0 Å². The number of hydrogen-bond donors (Lipinski definition) is 3. The molecule has 0 atom stereocenters. The van der Waals surface area contributed by atoms with E-state index in [1.165, 1.54) is 6.07 Å². The van der Waals surface area contributed by atoms with Crippen LogP contribution in [-0.4, -0.2) is 33.4 Å². The van der Waals surface area contributed by atoms with Crippen molar-refractivity contribution in [3.05, 3.63) is 17.5 Å². The molecule has 6 heteroatoms. The minimum atomic E-state index is -0.973. The molecule has 6 nitrogen and oxygen atoms in total. The molecule has 0 spiro atoms. The first kappa shape index (κ1) is 11.7. The molecular weight excluding hydrogens is 200 g/mol. The Morgan fingerprint density at radius 2 is 2.33 bits per heavy atom. The summed E-state index contributed by atoms with van der Waals surface area (Å²) in [5.41, 5.74) is -0.887. The lowest BCUT2D eigenvalue weighted by molar-refractivity contribution is 0.0690. The molecule has 0 saturated heterocycles. The van der Waals surface area contributed by atoms with Crippen LogP contribution in [0.3, 0.4) is 0 Å². The molecule has 0 fully saturated rings. The van der Waals surface area contributed by atoms with E-state index in [4.69, 9.17) is 5.11 Å². The molecule has 1 heterocycles. The van der Waals surface area contributed by atoms with Crippen molar-refractivity contribution in [1.29, 1.82) is 0 Å². The number of nitrogens with zero attached hydrogens (tertiary/aromatic N) is 1. The van der Waals surface area contributed by atoms with Crippen LogP contribution in [0.2, 0.25) is 0 Å². The fraction of sp³-hybridized carbons (Fsp3) is 0.556. The minimum Gasteiger partial charge on any atom is -0.389 e. The molecule has 15 heavy (non-hydrogen) atoms. The lowest BCUT2D eigenvalue weighted by Crippen LogP contribution is -2.38. The lowest BCUT2D eigenvalue weighted by Gasteiger charge is -2.16. The predicted octanol–water partition coefficient (Wildman–Crippen LogP) is -0.332. The summed E-state index contributed by atoms with van der Waals surface area (Å²) in [4.78, 5) is 11.4. The van der Waals surface area contributed by atoms with Gasteiger partial charge >= 0.3 is 0 Å². The van der Waals surface area contributed by atoms with E-state index in [1.54, 1.807) is 13.8 Å². The van der Waals surface area contributed by atoms with Crippen LogP contribution in [0.5, 0.6) is 0 Å². The summed E-state index contributed by atoms with van der Waals surface area (Å²) >= 11 is 0. The Bertz CT molecular complexity index is 340. The smallest absolute Gasteiger partial charge is 0.273 e. The van der Waals surface area contributed by atoms with Crippen molar-refractivity contribution in [1.82, 2.24) is 10.5 Å². The van der Waals surface area contributed by atoms with Crippen molar-refractivity contribution in [3.63, 3.8) is 0 Å². The first-order chi connectivity index (χ1) is 6.92. The summed E-state index contributed by atoms with van der Waals surface area (Å²) in [6.45, 7) is 2.98. The fourth-order valence-electron chi connectivity index (χ4n) is 0.882. The Hall–Kier alpha value is -1.40. The van der Waals surface area contributed by atoms with Gasteiger partial charge in [-0.1, -0.05) is 5.16 Å². The topological polar surface area (TPSA) is 95.6 Å². The third-order valence-electron chi connectivity index (χ3n) is 1.63. The molecule has 1 aromatic rings. The highest BCUT2D eigenvalue weighted by atomic mass is 16.5. The Morgan fingerprint density at radius 3 is 2.80 bits per heavy atom. The third kappa shape index (κ3) is 3.69. The molecule has 0 aliphatic carbocycles. The molecule has 84 valence electrons. The van der Waals surface area contributed by atoms with Gasteiger partial charge in [0.1, 0.15) is 6.61 Å². The molecule has 3 N–H and O–H groups in total. The van der Waals surface area contributed by atoms with E-state index in [1.807, 2.05) is 0 Å². The summed E-state index contributed by atoms with van der Waals surface area (Å²) < 4.78 is 4.64. The zero-order valence-corrected chi connectivity index (χ0v) is 8.65. The summed E-state index contributed by atoms with van der Waals surface area (Å²) in [7, 11) is 0. The van der Waals surface area contributed by atoms with Crippen molar-refractivity contribution in [2.45, 2.75) is 26.1 Å². The quantitative estimate of drug-likeness (QED) is 0.637. The van der Waals surface area contributed by atoms with Gasteiger partial charge in [0.25, 0.3) is 5.91 Å². The summed E-state index contributed by atoms with van der Waals surface area (Å²) in [5, 5.41) is 24.0. The average molecular weight is 214 g/mol. The molecule has 0 aliphatic heterocycles. The number of hydrogen-bond acceptors (Lipinski definition) is 5. The number of nitrogens with one attached hydrogen (secondary N) is 1. The lowest BCUT2D eigenvalue weighted by atomic mass is 10.1. The number of aliphatic hydroxyl groups excluding tert-OH is 1. The number of carbonyl (C=O) groups is 1. The van der Waals surface area contributed by atoms with Gasteiger partial charge in [-0.2, -0.15) is 0 Å². The molecule has 0 aromatic carbocycles. The monoisotopic (exact) mass is 214 g/mol. The van der Waals surface area contributed by atoms with Crippen molar-refractivity contribution >= 4 is 5.91 Å². The van der Waals surface area contributed by atoms with Crippen LogP contribution in [0, 0.1) is 0 Å². The van der Waals surface area contributed by atoms with Gasteiger partial charge < -0.3 is 20.1 Å². The first-order valence-corrected chi connectivity index (χ1v) is 4.49. The van der Waals surface area contributed by atoms with Crippen LogP contribution < -0.4 is 5.32 Å². The van der Waals surface area contributed by atoms with Gasteiger partial charge in [-0.05, 0) is 13.8 Å². The molecule has 0 bridgehead atoms. The first-order valence-electron chi connectivity index (χ1n) is 4.49. The van der Waals surface area contributed by atoms with E-state index < -0.39 is 11.5 Å². The molecule has 0 unspecified atom stereocenters. The highest BCUT2D eigenvalue weighted by Gasteiger charge is 2.17. The molecule has 1 amide bonds. The van der Waals surface area contributed by atoms with Crippen LogP contribution in [-0.2, 0) is 6.61 Å². The van der Waals surface area contributed by atoms with Crippen LogP contribution in [0.25, 0.3) is 0 Å². The summed E-state index contributed by atoms with van der Waals surface area (Å²) in [5.74, 6) is -0.219. The molecule has 0 aliphatic rings. The number of carbonyl (C=O) groups excluding carboxylic acids is 1. The Labute approximate surface area is 86.9 Å². The Balaban J connectivity index is 2.54. The van der Waals surface area contributed by atoms with E-state index in [9.17, 15) is 9.90 Å². The van der Waals surface area contributed by atoms with Crippen molar-refractivity contribution in [2.24, 2.45) is 0 Å². The highest BCUT2D eigenvalue weighted by molar-refractivity contribution is 5.92. The molecule has 1 aromatic heterocycles. The SMILES string of the molecule is CC(C)(O)CNC(=O)c1cc(CO)on1. The van der Waals surface area contributed by atoms with Gasteiger partial charge in [0.2, 0.25) is 0 Å². The third-order valence-corrected chi connectivity index (χ3v) is 1.63. The number of aliphatic hydroxyl groups is 2. The highest BCUT2D eigenvalue weighted by Crippen LogP contribution is 2.04. The van der Waals surface area contributed by atoms with E-state index in [0.29, 0.717) is 0 Å². The standard InChI is InChI=1S/C9H14N2O4/c1-9(2,14)5-10-8(13)7-3-6(4-12)15-11-7/h3,12,14H,4-5H2,1-2H3,(H,10,13). The normalized spacial score (nSPS) is 11.5. The summed E-state index contributed by atoms with van der Waals surface area (Å²) in [6, 6.07) is 1.35.